The molecule has 0 unspecified atom stereocenters. The van der Waals surface area contributed by atoms with Gasteiger partial charge in [0.2, 0.25) is 0 Å². The smallest absolute Gasteiger partial charge is 1.00 e. The van der Waals surface area contributed by atoms with Gasteiger partial charge in [-0.2, -0.15) is 11.6 Å². The van der Waals surface area contributed by atoms with Gasteiger partial charge in [0.15, 0.2) is 0 Å². The van der Waals surface area contributed by atoms with Crippen molar-refractivity contribution < 1.29 is 51.0 Å². The van der Waals surface area contributed by atoms with Crippen molar-refractivity contribution in [2.24, 2.45) is 5.92 Å². The maximum absolute atomic E-state index is 3.70. The summed E-state index contributed by atoms with van der Waals surface area (Å²) in [7, 11) is 0. The van der Waals surface area contributed by atoms with Crippen LogP contribution in [0.3, 0.4) is 0 Å². The molecule has 0 nitrogen and oxygen atoms in total. The first kappa shape index (κ1) is 26.7. The quantitative estimate of drug-likeness (QED) is 0.438. The minimum atomic E-state index is 0. The minimum absolute atomic E-state index is 0. The van der Waals surface area contributed by atoms with Gasteiger partial charge in [0.1, 0.15) is 0 Å². The standard InChI is InChI=1S/C16H25.C5H5.2ClH.Zr/c1-2-3-8-14-11-12-16(13-14)15-9-6-4-5-7-10-15;1-2-4-5-3-1;;;/h12,15H,2-11H2,1H3;1-3H,4H2;2*1H;/q2*-1;;;+4/p-2. The van der Waals surface area contributed by atoms with Gasteiger partial charge in [0.05, 0.1) is 0 Å². The zero-order valence-corrected chi connectivity index (χ0v) is 18.9. The van der Waals surface area contributed by atoms with E-state index in [9.17, 15) is 0 Å². The summed E-state index contributed by atoms with van der Waals surface area (Å²) in [5.74, 6) is 0.849. The van der Waals surface area contributed by atoms with Crippen molar-refractivity contribution in [3.05, 3.63) is 47.6 Å². The molecular formula is C21H30Cl2Zr. The van der Waals surface area contributed by atoms with Crippen molar-refractivity contribution in [2.75, 3.05) is 0 Å². The van der Waals surface area contributed by atoms with Crippen molar-refractivity contribution >= 4 is 0 Å². The second-order valence-corrected chi connectivity index (χ2v) is 6.39. The van der Waals surface area contributed by atoms with E-state index in [0.29, 0.717) is 0 Å². The molecule has 1 fully saturated rings. The fourth-order valence-corrected chi connectivity index (χ4v) is 3.29. The summed E-state index contributed by atoms with van der Waals surface area (Å²) in [5, 5.41) is 0. The van der Waals surface area contributed by atoms with Gasteiger partial charge in [0, 0.05) is 0 Å². The maximum atomic E-state index is 3.70. The Labute approximate surface area is 181 Å². The monoisotopic (exact) mass is 442 g/mol. The van der Waals surface area contributed by atoms with E-state index in [4.69, 9.17) is 0 Å². The van der Waals surface area contributed by atoms with Crippen LogP contribution in [-0.2, 0) is 26.2 Å². The summed E-state index contributed by atoms with van der Waals surface area (Å²) in [6, 6.07) is 0. The van der Waals surface area contributed by atoms with E-state index < -0.39 is 0 Å². The number of allylic oxidation sites excluding steroid dienone is 8. The van der Waals surface area contributed by atoms with Crippen molar-refractivity contribution in [1.82, 2.24) is 0 Å². The first-order chi connectivity index (χ1) is 10.4. The van der Waals surface area contributed by atoms with Gasteiger partial charge in [0.25, 0.3) is 0 Å². The zero-order valence-electron chi connectivity index (χ0n) is 14.9. The summed E-state index contributed by atoms with van der Waals surface area (Å²) in [5.41, 5.74) is 3.13. The molecule has 24 heavy (non-hydrogen) atoms. The fraction of sp³-hybridized carbons (Fsp3) is 0.619. The second-order valence-electron chi connectivity index (χ2n) is 6.39. The third kappa shape index (κ3) is 10.4. The molecule has 0 N–H and O–H groups in total. The van der Waals surface area contributed by atoms with Gasteiger partial charge in [-0.3, -0.25) is 6.08 Å². The summed E-state index contributed by atoms with van der Waals surface area (Å²) in [6.07, 6.45) is 29.9. The topological polar surface area (TPSA) is 0 Å². The number of hydrogen-bond donors (Lipinski definition) is 0. The fourth-order valence-electron chi connectivity index (χ4n) is 3.29. The van der Waals surface area contributed by atoms with Crippen LogP contribution in [0.25, 0.3) is 0 Å². The molecule has 0 aromatic carbocycles. The predicted octanol–water partition coefficient (Wildman–Crippen LogP) is 0.518. The molecule has 0 atom stereocenters. The van der Waals surface area contributed by atoms with Crippen molar-refractivity contribution in [3.8, 4) is 0 Å². The van der Waals surface area contributed by atoms with E-state index in [1.165, 1.54) is 64.2 Å². The van der Waals surface area contributed by atoms with Crippen LogP contribution in [0.2, 0.25) is 0 Å². The summed E-state index contributed by atoms with van der Waals surface area (Å²) in [4.78, 5) is 0. The molecule has 1 saturated carbocycles. The summed E-state index contributed by atoms with van der Waals surface area (Å²) in [6.45, 7) is 2.27. The second kappa shape index (κ2) is 16.9. The largest absolute Gasteiger partial charge is 4.00 e. The molecule has 3 heteroatoms. The van der Waals surface area contributed by atoms with Crippen LogP contribution in [0, 0.1) is 18.1 Å². The Kier molecular flexibility index (Phi) is 18.7. The number of unbranched alkanes of at least 4 members (excludes halogenated alkanes) is 1. The van der Waals surface area contributed by atoms with E-state index in [1.54, 1.807) is 11.1 Å². The third-order valence-corrected chi connectivity index (χ3v) is 4.60. The van der Waals surface area contributed by atoms with Crippen LogP contribution in [-0.4, -0.2) is 0 Å². The van der Waals surface area contributed by atoms with Gasteiger partial charge in [-0.05, 0) is 18.8 Å². The predicted molar refractivity (Wildman–Crippen MR) is 91.7 cm³/mol. The normalized spacial score (nSPS) is 18.9. The molecule has 132 valence electrons. The van der Waals surface area contributed by atoms with Crippen LogP contribution < -0.4 is 24.8 Å². The van der Waals surface area contributed by atoms with Crippen molar-refractivity contribution in [2.45, 2.75) is 77.6 Å². The molecule has 0 aromatic rings. The molecule has 0 bridgehead atoms. The van der Waals surface area contributed by atoms with Crippen molar-refractivity contribution in [3.63, 3.8) is 0 Å². The first-order valence-corrected chi connectivity index (χ1v) is 8.93. The molecule has 3 aliphatic carbocycles. The van der Waals surface area contributed by atoms with E-state index in [-0.39, 0.29) is 51.0 Å². The molecule has 0 aliphatic heterocycles. The molecule has 0 spiro atoms. The van der Waals surface area contributed by atoms with Crippen LogP contribution in [0.1, 0.15) is 77.6 Å². The molecule has 3 aliphatic rings. The molecule has 3 rings (SSSR count). The first-order valence-electron chi connectivity index (χ1n) is 8.93. The Morgan fingerprint density at radius 3 is 2.29 bits per heavy atom. The molecule has 0 heterocycles. The molecule has 0 amide bonds. The van der Waals surface area contributed by atoms with Gasteiger partial charge in [-0.25, -0.2) is 29.9 Å². The molecule has 0 radical (unpaired) electrons. The average molecular weight is 445 g/mol. The van der Waals surface area contributed by atoms with Gasteiger partial charge < -0.3 is 24.8 Å². The average Bonchev–Trinajstić information content (AvgIpc) is 3.16. The maximum Gasteiger partial charge on any atom is 4.00 e. The molecular weight excluding hydrogens is 414 g/mol. The Morgan fingerprint density at radius 1 is 1.08 bits per heavy atom. The number of rotatable bonds is 4. The summed E-state index contributed by atoms with van der Waals surface area (Å²) >= 11 is 0. The van der Waals surface area contributed by atoms with Crippen molar-refractivity contribution in [1.29, 1.82) is 0 Å². The minimum Gasteiger partial charge on any atom is -1.00 e. The van der Waals surface area contributed by atoms with E-state index in [1.807, 2.05) is 12.2 Å². The van der Waals surface area contributed by atoms with Crippen LogP contribution in [0.15, 0.2) is 35.5 Å². The van der Waals surface area contributed by atoms with E-state index in [2.05, 4.69) is 31.2 Å². The van der Waals surface area contributed by atoms with Crippen LogP contribution in [0.5, 0.6) is 0 Å². The third-order valence-electron chi connectivity index (χ3n) is 4.60. The Hall–Kier alpha value is 0.423. The van der Waals surface area contributed by atoms with Gasteiger partial charge in [-0.1, -0.05) is 58.3 Å². The number of halogens is 2. The number of hydrogen-bond acceptors (Lipinski definition) is 0. The Balaban J connectivity index is 0. The van der Waals surface area contributed by atoms with E-state index in [0.717, 1.165) is 12.3 Å². The Morgan fingerprint density at radius 2 is 1.79 bits per heavy atom. The SMILES string of the molecule is CCCCC1=[C-]C(C2CCCCCC2)=CC1.[C-]1=CC=CC1.[Cl-].[Cl-].[Zr+4]. The van der Waals surface area contributed by atoms with Crippen LogP contribution in [0.4, 0.5) is 0 Å². The molecule has 0 saturated heterocycles. The van der Waals surface area contributed by atoms with E-state index >= 15 is 0 Å². The Bertz CT molecular complexity index is 404. The van der Waals surface area contributed by atoms with Gasteiger partial charge >= 0.3 is 26.2 Å². The van der Waals surface area contributed by atoms with Gasteiger partial charge in [-0.15, -0.1) is 6.42 Å². The molecule has 0 aromatic heterocycles. The van der Waals surface area contributed by atoms with Crippen LogP contribution >= 0.6 is 0 Å². The zero-order chi connectivity index (χ0) is 14.8. The summed E-state index contributed by atoms with van der Waals surface area (Å²) < 4.78 is 0.